The SMILES string of the molecule is Cc1ncc(N2CCN(CC(N)=NO)CC2)nc1C. The molecule has 0 atom stereocenters. The fraction of sp³-hybridized carbons (Fsp3) is 0.583. The van der Waals surface area contributed by atoms with E-state index in [-0.39, 0.29) is 5.84 Å². The predicted octanol–water partition coefficient (Wildman–Crippen LogP) is -0.0382. The van der Waals surface area contributed by atoms with Crippen molar-refractivity contribution in [2.75, 3.05) is 37.6 Å². The lowest BCUT2D eigenvalue weighted by Crippen LogP contribution is -2.49. The zero-order valence-electron chi connectivity index (χ0n) is 11.4. The van der Waals surface area contributed by atoms with Gasteiger partial charge in [0.05, 0.1) is 24.1 Å². The second-order valence-electron chi connectivity index (χ2n) is 4.75. The molecule has 0 saturated carbocycles. The highest BCUT2D eigenvalue weighted by molar-refractivity contribution is 5.81. The monoisotopic (exact) mass is 264 g/mol. The fourth-order valence-electron chi connectivity index (χ4n) is 2.08. The van der Waals surface area contributed by atoms with Crippen LogP contribution in [0.4, 0.5) is 5.82 Å². The third-order valence-electron chi connectivity index (χ3n) is 3.39. The van der Waals surface area contributed by atoms with Gasteiger partial charge in [0.1, 0.15) is 5.82 Å². The van der Waals surface area contributed by atoms with Gasteiger partial charge in [0.25, 0.3) is 0 Å². The number of aromatic nitrogens is 2. The van der Waals surface area contributed by atoms with E-state index in [0.717, 1.165) is 43.4 Å². The lowest BCUT2D eigenvalue weighted by Gasteiger charge is -2.35. The van der Waals surface area contributed by atoms with Gasteiger partial charge in [-0.25, -0.2) is 4.98 Å². The average molecular weight is 264 g/mol. The lowest BCUT2D eigenvalue weighted by atomic mass is 10.3. The molecule has 1 saturated heterocycles. The molecule has 1 aliphatic heterocycles. The molecule has 1 aliphatic rings. The first kappa shape index (κ1) is 13.5. The summed E-state index contributed by atoms with van der Waals surface area (Å²) in [6.07, 6.45) is 1.82. The summed E-state index contributed by atoms with van der Waals surface area (Å²) in [6, 6.07) is 0. The number of hydrogen-bond acceptors (Lipinski definition) is 6. The van der Waals surface area contributed by atoms with Crippen LogP contribution < -0.4 is 10.6 Å². The molecule has 0 spiro atoms. The molecule has 104 valence electrons. The van der Waals surface area contributed by atoms with Gasteiger partial charge in [0.15, 0.2) is 5.84 Å². The van der Waals surface area contributed by atoms with E-state index in [4.69, 9.17) is 10.9 Å². The summed E-state index contributed by atoms with van der Waals surface area (Å²) in [6.45, 7) is 7.91. The highest BCUT2D eigenvalue weighted by atomic mass is 16.4. The molecule has 0 aliphatic carbocycles. The third-order valence-corrected chi connectivity index (χ3v) is 3.39. The molecule has 2 rings (SSSR count). The molecule has 0 bridgehead atoms. The molecule has 3 N–H and O–H groups in total. The van der Waals surface area contributed by atoms with Crippen LogP contribution in [0.1, 0.15) is 11.4 Å². The van der Waals surface area contributed by atoms with Gasteiger partial charge in [-0.3, -0.25) is 9.88 Å². The number of rotatable bonds is 3. The molecule has 2 heterocycles. The van der Waals surface area contributed by atoms with Gasteiger partial charge in [-0.1, -0.05) is 5.16 Å². The van der Waals surface area contributed by atoms with E-state index in [1.54, 1.807) is 0 Å². The zero-order valence-corrected chi connectivity index (χ0v) is 11.4. The summed E-state index contributed by atoms with van der Waals surface area (Å²) in [5.41, 5.74) is 7.44. The first-order valence-electron chi connectivity index (χ1n) is 6.34. The lowest BCUT2D eigenvalue weighted by molar-refractivity contribution is 0.278. The Hall–Kier alpha value is -1.89. The molecular formula is C12H20N6O. The van der Waals surface area contributed by atoms with Crippen molar-refractivity contribution in [2.45, 2.75) is 13.8 Å². The van der Waals surface area contributed by atoms with Crippen molar-refractivity contribution < 1.29 is 5.21 Å². The average Bonchev–Trinajstić information content (AvgIpc) is 2.42. The van der Waals surface area contributed by atoms with Crippen LogP contribution in [0.15, 0.2) is 11.4 Å². The van der Waals surface area contributed by atoms with E-state index >= 15 is 0 Å². The second kappa shape index (κ2) is 5.83. The van der Waals surface area contributed by atoms with Gasteiger partial charge in [-0.05, 0) is 13.8 Å². The number of anilines is 1. The molecular weight excluding hydrogens is 244 g/mol. The van der Waals surface area contributed by atoms with Crippen molar-refractivity contribution in [3.05, 3.63) is 17.6 Å². The van der Waals surface area contributed by atoms with Crippen LogP contribution in [-0.2, 0) is 0 Å². The van der Waals surface area contributed by atoms with Gasteiger partial charge in [-0.2, -0.15) is 0 Å². The standard InChI is InChI=1S/C12H20N6O/c1-9-10(2)15-12(7-14-9)18-5-3-17(4-6-18)8-11(13)16-19/h7,19H,3-6,8H2,1-2H3,(H2,13,16). The van der Waals surface area contributed by atoms with Crippen molar-refractivity contribution >= 4 is 11.7 Å². The minimum absolute atomic E-state index is 0.249. The number of nitrogens with zero attached hydrogens (tertiary/aromatic N) is 5. The van der Waals surface area contributed by atoms with Crippen LogP contribution in [0.3, 0.4) is 0 Å². The van der Waals surface area contributed by atoms with E-state index in [0.29, 0.717) is 6.54 Å². The fourth-order valence-corrected chi connectivity index (χ4v) is 2.08. The van der Waals surface area contributed by atoms with E-state index in [1.165, 1.54) is 0 Å². The summed E-state index contributed by atoms with van der Waals surface area (Å²) in [5, 5.41) is 11.6. The largest absolute Gasteiger partial charge is 0.409 e. The van der Waals surface area contributed by atoms with Crippen LogP contribution in [0.2, 0.25) is 0 Å². The molecule has 0 aromatic carbocycles. The van der Waals surface area contributed by atoms with Crippen molar-refractivity contribution in [1.82, 2.24) is 14.9 Å². The summed E-state index contributed by atoms with van der Waals surface area (Å²) in [7, 11) is 0. The van der Waals surface area contributed by atoms with Crippen molar-refractivity contribution in [3.63, 3.8) is 0 Å². The van der Waals surface area contributed by atoms with Crippen LogP contribution in [-0.4, -0.2) is 58.6 Å². The number of piperazine rings is 1. The Balaban J connectivity index is 1.94. The summed E-state index contributed by atoms with van der Waals surface area (Å²) >= 11 is 0. The topological polar surface area (TPSA) is 90.9 Å². The highest BCUT2D eigenvalue weighted by Crippen LogP contribution is 2.14. The summed E-state index contributed by atoms with van der Waals surface area (Å²) in [5.74, 6) is 1.17. The highest BCUT2D eigenvalue weighted by Gasteiger charge is 2.19. The third kappa shape index (κ3) is 3.31. The zero-order chi connectivity index (χ0) is 13.8. The van der Waals surface area contributed by atoms with Crippen LogP contribution in [0, 0.1) is 13.8 Å². The molecule has 1 aromatic heterocycles. The minimum Gasteiger partial charge on any atom is -0.409 e. The van der Waals surface area contributed by atoms with E-state index in [2.05, 4.69) is 24.9 Å². The number of oxime groups is 1. The van der Waals surface area contributed by atoms with Crippen molar-refractivity contribution in [2.24, 2.45) is 10.9 Å². The first-order valence-corrected chi connectivity index (χ1v) is 6.34. The number of amidine groups is 1. The number of nitrogens with two attached hydrogens (primary N) is 1. The van der Waals surface area contributed by atoms with Gasteiger partial charge < -0.3 is 15.8 Å². The Labute approximate surface area is 112 Å². The minimum atomic E-state index is 0.249. The predicted molar refractivity (Wildman–Crippen MR) is 73.6 cm³/mol. The molecule has 0 unspecified atom stereocenters. The van der Waals surface area contributed by atoms with Gasteiger partial charge in [-0.15, -0.1) is 0 Å². The van der Waals surface area contributed by atoms with Crippen molar-refractivity contribution in [1.29, 1.82) is 0 Å². The van der Waals surface area contributed by atoms with Gasteiger partial charge in [0, 0.05) is 26.2 Å². The van der Waals surface area contributed by atoms with Crippen LogP contribution >= 0.6 is 0 Å². The molecule has 1 fully saturated rings. The Morgan fingerprint density at radius 1 is 1.32 bits per heavy atom. The van der Waals surface area contributed by atoms with Gasteiger partial charge >= 0.3 is 0 Å². The maximum Gasteiger partial charge on any atom is 0.153 e. The maximum atomic E-state index is 8.56. The number of aryl methyl sites for hydroxylation is 2. The first-order chi connectivity index (χ1) is 9.10. The maximum absolute atomic E-state index is 8.56. The Morgan fingerprint density at radius 2 is 2.00 bits per heavy atom. The summed E-state index contributed by atoms with van der Waals surface area (Å²) in [4.78, 5) is 13.3. The molecule has 1 aromatic rings. The van der Waals surface area contributed by atoms with E-state index in [1.807, 2.05) is 20.0 Å². The molecule has 0 radical (unpaired) electrons. The Morgan fingerprint density at radius 3 is 2.58 bits per heavy atom. The Kier molecular flexibility index (Phi) is 4.16. The normalized spacial score (nSPS) is 17.8. The molecule has 0 amide bonds. The Bertz CT molecular complexity index is 467. The second-order valence-corrected chi connectivity index (χ2v) is 4.75. The van der Waals surface area contributed by atoms with E-state index < -0.39 is 0 Å². The number of hydrogen-bond donors (Lipinski definition) is 2. The van der Waals surface area contributed by atoms with Crippen LogP contribution in [0.5, 0.6) is 0 Å². The smallest absolute Gasteiger partial charge is 0.153 e. The molecule has 7 nitrogen and oxygen atoms in total. The molecule has 7 heteroatoms. The van der Waals surface area contributed by atoms with E-state index in [9.17, 15) is 0 Å². The summed E-state index contributed by atoms with van der Waals surface area (Å²) < 4.78 is 0. The van der Waals surface area contributed by atoms with Crippen LogP contribution in [0.25, 0.3) is 0 Å². The molecule has 19 heavy (non-hydrogen) atoms. The van der Waals surface area contributed by atoms with Crippen molar-refractivity contribution in [3.8, 4) is 0 Å². The quantitative estimate of drug-likeness (QED) is 0.344. The van der Waals surface area contributed by atoms with Gasteiger partial charge in [0.2, 0.25) is 0 Å².